The van der Waals surface area contributed by atoms with Crippen molar-refractivity contribution in [2.75, 3.05) is 0 Å². The van der Waals surface area contributed by atoms with Gasteiger partial charge in [-0.15, -0.1) is 0 Å². The molecule has 5 nitrogen and oxygen atoms in total. The molecule has 2 heterocycles. The summed E-state index contributed by atoms with van der Waals surface area (Å²) in [5, 5.41) is 0.0179. The highest BCUT2D eigenvalue weighted by Gasteiger charge is 2.15. The van der Waals surface area contributed by atoms with Gasteiger partial charge in [-0.1, -0.05) is 0 Å². The van der Waals surface area contributed by atoms with Crippen molar-refractivity contribution in [3.63, 3.8) is 0 Å². The summed E-state index contributed by atoms with van der Waals surface area (Å²) in [6.45, 7) is 2.56. The van der Waals surface area contributed by atoms with Crippen LogP contribution < -0.4 is 5.56 Å². The first-order valence-corrected chi connectivity index (χ1v) is 6.39. The molecule has 0 N–H and O–H groups in total. The SMILES string of the molecule is CCn1cnc2c(=O)n(-c3ccc(F)cc3)c(Cl)nc21. The summed E-state index contributed by atoms with van der Waals surface area (Å²) in [5.41, 5.74) is 0.752. The summed E-state index contributed by atoms with van der Waals surface area (Å²) in [6.07, 6.45) is 1.55. The van der Waals surface area contributed by atoms with Crippen LogP contribution in [0.25, 0.3) is 16.9 Å². The van der Waals surface area contributed by atoms with Gasteiger partial charge in [0.05, 0.1) is 12.0 Å². The van der Waals surface area contributed by atoms with Crippen LogP contribution in [0.15, 0.2) is 35.4 Å². The third-order valence-corrected chi connectivity index (χ3v) is 3.28. The van der Waals surface area contributed by atoms with Crippen molar-refractivity contribution in [2.24, 2.45) is 0 Å². The summed E-state index contributed by atoms with van der Waals surface area (Å²) < 4.78 is 15.9. The molecule has 1 aromatic carbocycles. The largest absolute Gasteiger partial charge is 0.315 e. The van der Waals surface area contributed by atoms with Crippen molar-refractivity contribution < 1.29 is 4.39 Å². The molecule has 0 saturated carbocycles. The molecule has 3 aromatic rings. The van der Waals surface area contributed by atoms with Gasteiger partial charge in [-0.25, -0.2) is 13.9 Å². The van der Waals surface area contributed by atoms with Gasteiger partial charge >= 0.3 is 0 Å². The van der Waals surface area contributed by atoms with Crippen LogP contribution in [-0.2, 0) is 6.54 Å². The van der Waals surface area contributed by atoms with E-state index in [4.69, 9.17) is 11.6 Å². The number of nitrogens with zero attached hydrogens (tertiary/aromatic N) is 4. The van der Waals surface area contributed by atoms with Crippen LogP contribution >= 0.6 is 11.6 Å². The van der Waals surface area contributed by atoms with E-state index in [1.807, 2.05) is 6.92 Å². The molecule has 20 heavy (non-hydrogen) atoms. The number of rotatable bonds is 2. The number of fused-ring (bicyclic) bond motifs is 1. The van der Waals surface area contributed by atoms with Gasteiger partial charge in [-0.2, -0.15) is 4.98 Å². The van der Waals surface area contributed by atoms with E-state index in [9.17, 15) is 9.18 Å². The summed E-state index contributed by atoms with van der Waals surface area (Å²) in [7, 11) is 0. The quantitative estimate of drug-likeness (QED) is 0.682. The second-order valence-electron chi connectivity index (χ2n) is 4.20. The number of halogens is 2. The molecule has 0 atom stereocenters. The Bertz CT molecular complexity index is 838. The third kappa shape index (κ3) is 1.89. The second-order valence-corrected chi connectivity index (χ2v) is 4.54. The van der Waals surface area contributed by atoms with Gasteiger partial charge < -0.3 is 4.57 Å². The molecule has 0 radical (unpaired) electrons. The van der Waals surface area contributed by atoms with E-state index in [-0.39, 0.29) is 22.2 Å². The lowest BCUT2D eigenvalue weighted by atomic mass is 10.3. The van der Waals surface area contributed by atoms with Gasteiger partial charge in [0.1, 0.15) is 5.82 Å². The van der Waals surface area contributed by atoms with Gasteiger partial charge in [0.25, 0.3) is 5.56 Å². The van der Waals surface area contributed by atoms with Crippen LogP contribution in [0.3, 0.4) is 0 Å². The smallest absolute Gasteiger partial charge is 0.287 e. The number of hydrogen-bond donors (Lipinski definition) is 0. The van der Waals surface area contributed by atoms with Crippen molar-refractivity contribution in [1.29, 1.82) is 0 Å². The predicted octanol–water partition coefficient (Wildman–Crippen LogP) is 2.39. The molecule has 0 aliphatic rings. The Morgan fingerprint density at radius 2 is 2.00 bits per heavy atom. The van der Waals surface area contributed by atoms with Crippen molar-refractivity contribution in [3.8, 4) is 5.69 Å². The maximum atomic E-state index is 13.0. The zero-order valence-corrected chi connectivity index (χ0v) is 11.3. The molecule has 0 spiro atoms. The van der Waals surface area contributed by atoms with Crippen molar-refractivity contribution >= 4 is 22.8 Å². The number of hydrogen-bond acceptors (Lipinski definition) is 3. The van der Waals surface area contributed by atoms with Crippen molar-refractivity contribution in [3.05, 3.63) is 52.0 Å². The van der Waals surface area contributed by atoms with Crippen LogP contribution in [0.4, 0.5) is 4.39 Å². The monoisotopic (exact) mass is 292 g/mol. The van der Waals surface area contributed by atoms with Crippen LogP contribution in [0.2, 0.25) is 5.28 Å². The standard InChI is InChI=1S/C13H10ClFN4O/c1-2-18-7-16-10-11(18)17-13(14)19(12(10)20)9-5-3-8(15)4-6-9/h3-7H,2H2,1H3. The highest BCUT2D eigenvalue weighted by molar-refractivity contribution is 6.29. The summed E-state index contributed by atoms with van der Waals surface area (Å²) in [5.74, 6) is -0.387. The zero-order chi connectivity index (χ0) is 14.3. The molecule has 0 unspecified atom stereocenters. The Labute approximate surface area is 118 Å². The summed E-state index contributed by atoms with van der Waals surface area (Å²) in [6, 6.07) is 5.44. The second kappa shape index (κ2) is 4.72. The molecule has 7 heteroatoms. The minimum Gasteiger partial charge on any atom is -0.315 e. The van der Waals surface area contributed by atoms with Gasteiger partial charge in [0.2, 0.25) is 5.28 Å². The number of benzene rings is 1. The topological polar surface area (TPSA) is 52.7 Å². The van der Waals surface area contributed by atoms with Gasteiger partial charge in [-0.05, 0) is 42.8 Å². The lowest BCUT2D eigenvalue weighted by Crippen LogP contribution is -2.21. The highest BCUT2D eigenvalue weighted by atomic mass is 35.5. The Morgan fingerprint density at radius 3 is 2.65 bits per heavy atom. The Hall–Kier alpha value is -2.21. The number of aromatic nitrogens is 4. The molecule has 3 rings (SSSR count). The average Bonchev–Trinajstić information content (AvgIpc) is 2.84. The van der Waals surface area contributed by atoms with E-state index in [0.717, 1.165) is 0 Å². The third-order valence-electron chi connectivity index (χ3n) is 3.02. The molecule has 102 valence electrons. The van der Waals surface area contributed by atoms with E-state index < -0.39 is 0 Å². The van der Waals surface area contributed by atoms with E-state index >= 15 is 0 Å². The highest BCUT2D eigenvalue weighted by Crippen LogP contribution is 2.16. The molecule has 0 aliphatic carbocycles. The normalized spacial score (nSPS) is 11.2. The fourth-order valence-electron chi connectivity index (χ4n) is 2.02. The predicted molar refractivity (Wildman–Crippen MR) is 73.8 cm³/mol. The number of aryl methyl sites for hydroxylation is 1. The first-order chi connectivity index (χ1) is 9.61. The Balaban J connectivity index is 2.32. The van der Waals surface area contributed by atoms with Gasteiger partial charge in [0, 0.05) is 6.54 Å². The molecule has 0 aliphatic heterocycles. The fraction of sp³-hybridized carbons (Fsp3) is 0.154. The minimum atomic E-state index is -0.387. The summed E-state index contributed by atoms with van der Waals surface area (Å²) in [4.78, 5) is 20.7. The van der Waals surface area contributed by atoms with Crippen LogP contribution in [-0.4, -0.2) is 19.1 Å². The van der Waals surface area contributed by atoms with Crippen LogP contribution in [0, 0.1) is 5.82 Å². The maximum absolute atomic E-state index is 13.0. The molecular weight excluding hydrogens is 283 g/mol. The molecular formula is C13H10ClFN4O. The van der Waals surface area contributed by atoms with E-state index in [2.05, 4.69) is 9.97 Å². The first kappa shape index (κ1) is 12.8. The summed E-state index contributed by atoms with van der Waals surface area (Å²) >= 11 is 6.09. The van der Waals surface area contributed by atoms with Crippen LogP contribution in [0.1, 0.15) is 6.92 Å². The fourth-order valence-corrected chi connectivity index (χ4v) is 2.27. The van der Waals surface area contributed by atoms with Crippen molar-refractivity contribution in [1.82, 2.24) is 19.1 Å². The van der Waals surface area contributed by atoms with Crippen LogP contribution in [0.5, 0.6) is 0 Å². The Morgan fingerprint density at radius 1 is 1.30 bits per heavy atom. The van der Waals surface area contributed by atoms with Crippen molar-refractivity contribution in [2.45, 2.75) is 13.5 Å². The van der Waals surface area contributed by atoms with Gasteiger partial charge in [-0.3, -0.25) is 4.79 Å². The zero-order valence-electron chi connectivity index (χ0n) is 10.5. The Kier molecular flexibility index (Phi) is 3.02. The first-order valence-electron chi connectivity index (χ1n) is 6.01. The number of imidazole rings is 1. The molecule has 0 amide bonds. The maximum Gasteiger partial charge on any atom is 0.287 e. The van der Waals surface area contributed by atoms with E-state index in [0.29, 0.717) is 17.9 Å². The average molecular weight is 293 g/mol. The molecule has 0 saturated heterocycles. The molecule has 0 bridgehead atoms. The van der Waals surface area contributed by atoms with Gasteiger partial charge in [0.15, 0.2) is 11.2 Å². The molecule has 2 aromatic heterocycles. The minimum absolute atomic E-state index is 0.0179. The lowest BCUT2D eigenvalue weighted by Gasteiger charge is -2.08. The molecule has 0 fully saturated rings. The lowest BCUT2D eigenvalue weighted by molar-refractivity contribution is 0.627. The van der Waals surface area contributed by atoms with E-state index in [1.165, 1.54) is 28.8 Å². The van der Waals surface area contributed by atoms with E-state index in [1.54, 1.807) is 10.9 Å².